The normalized spacial score (nSPS) is 16.1. The van der Waals surface area contributed by atoms with Crippen molar-refractivity contribution in [2.75, 3.05) is 0 Å². The van der Waals surface area contributed by atoms with Crippen LogP contribution < -0.4 is 4.74 Å². The minimum Gasteiger partial charge on any atom is -0.472 e. The Hall–Kier alpha value is -4.24. The molecule has 1 aliphatic carbocycles. The molecule has 2 aliphatic rings. The highest BCUT2D eigenvalue weighted by molar-refractivity contribution is 6.08. The number of rotatable bonds is 2. The van der Waals surface area contributed by atoms with Gasteiger partial charge < -0.3 is 4.74 Å². The van der Waals surface area contributed by atoms with Gasteiger partial charge in [0.05, 0.1) is 0 Å². The predicted molar refractivity (Wildman–Crippen MR) is 145 cm³/mol. The Bertz CT molecular complexity index is 1690. The van der Waals surface area contributed by atoms with Gasteiger partial charge in [-0.1, -0.05) is 92.7 Å². The molecule has 0 saturated carbocycles. The van der Waals surface area contributed by atoms with Crippen molar-refractivity contribution in [3.8, 4) is 16.9 Å². The highest BCUT2D eigenvalue weighted by atomic mass is 19.1. The molecule has 0 spiro atoms. The number of benzene rings is 5. The largest absolute Gasteiger partial charge is 0.472 e. The quantitative estimate of drug-likeness (QED) is 0.242. The average Bonchev–Trinajstić information content (AvgIpc) is 3.16. The van der Waals surface area contributed by atoms with Gasteiger partial charge in [0.25, 0.3) is 0 Å². The van der Waals surface area contributed by atoms with Crippen molar-refractivity contribution in [2.24, 2.45) is 0 Å². The third-order valence-electron chi connectivity index (χ3n) is 7.96. The summed E-state index contributed by atoms with van der Waals surface area (Å²) in [4.78, 5) is 0. The first-order valence-corrected chi connectivity index (χ1v) is 12.5. The second-order valence-electron chi connectivity index (χ2n) is 10.4. The molecule has 0 amide bonds. The van der Waals surface area contributed by atoms with Crippen LogP contribution in [0.15, 0.2) is 103 Å². The highest BCUT2D eigenvalue weighted by Crippen LogP contribution is 2.58. The van der Waals surface area contributed by atoms with Gasteiger partial charge >= 0.3 is 0 Å². The zero-order valence-electron chi connectivity index (χ0n) is 20.6. The molecule has 0 bridgehead atoms. The molecule has 37 heavy (non-hydrogen) atoms. The topological polar surface area (TPSA) is 9.23 Å². The third-order valence-corrected chi connectivity index (χ3v) is 7.96. The van der Waals surface area contributed by atoms with Crippen LogP contribution in [0.3, 0.4) is 0 Å². The van der Waals surface area contributed by atoms with Crippen molar-refractivity contribution >= 4 is 16.8 Å². The molecule has 7 rings (SSSR count). The first-order chi connectivity index (χ1) is 17.9. The standard InChI is InChI=1S/C34H24F2O/c1-33(2)29-20-24(36)14-16-26(29)30-25-15-13-23(35)19-28(25)32-27(31(30)33)17-18-34(37-32,21-9-5-3-6-10-21)22-11-7-4-8-12-22/h3-20H,1-2H3. The number of ether oxygens (including phenoxy) is 1. The summed E-state index contributed by atoms with van der Waals surface area (Å²) in [5.74, 6) is 0.0574. The summed E-state index contributed by atoms with van der Waals surface area (Å²) in [6, 6.07) is 30.1. The van der Waals surface area contributed by atoms with E-state index in [1.165, 1.54) is 12.1 Å². The van der Waals surface area contributed by atoms with Crippen molar-refractivity contribution in [1.82, 2.24) is 0 Å². The van der Waals surface area contributed by atoms with Crippen LogP contribution >= 0.6 is 0 Å². The minimum absolute atomic E-state index is 0.261. The van der Waals surface area contributed by atoms with E-state index in [-0.39, 0.29) is 11.6 Å². The van der Waals surface area contributed by atoms with Gasteiger partial charge in [-0.3, -0.25) is 0 Å². The van der Waals surface area contributed by atoms with E-state index in [0.717, 1.165) is 44.3 Å². The maximum atomic E-state index is 14.8. The first kappa shape index (κ1) is 22.0. The zero-order chi connectivity index (χ0) is 25.4. The van der Waals surface area contributed by atoms with Crippen LogP contribution in [0.1, 0.15) is 41.7 Å². The average molecular weight is 487 g/mol. The Balaban J connectivity index is 1.59. The van der Waals surface area contributed by atoms with E-state index in [1.807, 2.05) is 48.5 Å². The molecular weight excluding hydrogens is 462 g/mol. The van der Waals surface area contributed by atoms with E-state index in [2.05, 4.69) is 50.3 Å². The fourth-order valence-electron chi connectivity index (χ4n) is 6.28. The van der Waals surface area contributed by atoms with Crippen molar-refractivity contribution in [3.05, 3.63) is 143 Å². The summed E-state index contributed by atoms with van der Waals surface area (Å²) in [5, 5.41) is 1.61. The van der Waals surface area contributed by atoms with E-state index >= 15 is 0 Å². The van der Waals surface area contributed by atoms with Gasteiger partial charge in [0, 0.05) is 27.5 Å². The Morgan fingerprint density at radius 1 is 0.676 bits per heavy atom. The lowest BCUT2D eigenvalue weighted by atomic mass is 9.77. The molecule has 5 aromatic rings. The lowest BCUT2D eigenvalue weighted by Crippen LogP contribution is -2.35. The second-order valence-corrected chi connectivity index (χ2v) is 10.4. The van der Waals surface area contributed by atoms with Gasteiger partial charge in [-0.05, 0) is 58.0 Å². The zero-order valence-corrected chi connectivity index (χ0v) is 20.6. The maximum Gasteiger partial charge on any atom is 0.178 e. The smallest absolute Gasteiger partial charge is 0.178 e. The van der Waals surface area contributed by atoms with Crippen molar-refractivity contribution in [2.45, 2.75) is 24.9 Å². The van der Waals surface area contributed by atoms with Crippen molar-refractivity contribution in [1.29, 1.82) is 0 Å². The molecule has 1 aliphatic heterocycles. The van der Waals surface area contributed by atoms with Crippen LogP contribution in [0.4, 0.5) is 8.78 Å². The summed E-state index contributed by atoms with van der Waals surface area (Å²) in [5.41, 5.74) is 5.54. The van der Waals surface area contributed by atoms with Crippen LogP contribution in [0.25, 0.3) is 28.0 Å². The highest BCUT2D eigenvalue weighted by Gasteiger charge is 2.44. The van der Waals surface area contributed by atoms with Crippen LogP contribution in [0.2, 0.25) is 0 Å². The van der Waals surface area contributed by atoms with E-state index < -0.39 is 11.0 Å². The van der Waals surface area contributed by atoms with Gasteiger partial charge in [0.2, 0.25) is 0 Å². The predicted octanol–water partition coefficient (Wildman–Crippen LogP) is 8.77. The van der Waals surface area contributed by atoms with E-state index in [9.17, 15) is 8.78 Å². The molecule has 0 N–H and O–H groups in total. The minimum atomic E-state index is -0.884. The van der Waals surface area contributed by atoms with Gasteiger partial charge in [-0.2, -0.15) is 0 Å². The van der Waals surface area contributed by atoms with E-state index in [4.69, 9.17) is 4.74 Å². The molecule has 0 radical (unpaired) electrons. The number of halogens is 2. The van der Waals surface area contributed by atoms with Crippen molar-refractivity contribution in [3.63, 3.8) is 0 Å². The van der Waals surface area contributed by atoms with E-state index in [0.29, 0.717) is 11.1 Å². The third kappa shape index (κ3) is 3.00. The molecule has 0 fully saturated rings. The second kappa shape index (κ2) is 7.63. The molecule has 0 atom stereocenters. The Kier molecular flexibility index (Phi) is 4.54. The molecule has 0 saturated heterocycles. The summed E-state index contributed by atoms with van der Waals surface area (Å²) in [7, 11) is 0. The lowest BCUT2D eigenvalue weighted by molar-refractivity contribution is 0.163. The number of hydrogen-bond acceptors (Lipinski definition) is 1. The molecule has 0 aromatic heterocycles. The molecule has 180 valence electrons. The fraction of sp³-hybridized carbons (Fsp3) is 0.118. The van der Waals surface area contributed by atoms with Crippen molar-refractivity contribution < 1.29 is 13.5 Å². The lowest BCUT2D eigenvalue weighted by Gasteiger charge is -2.38. The fourth-order valence-corrected chi connectivity index (χ4v) is 6.28. The Morgan fingerprint density at radius 2 is 1.30 bits per heavy atom. The monoisotopic (exact) mass is 486 g/mol. The summed E-state index contributed by atoms with van der Waals surface area (Å²) >= 11 is 0. The van der Waals surface area contributed by atoms with Gasteiger partial charge in [0.1, 0.15) is 17.4 Å². The van der Waals surface area contributed by atoms with Crippen LogP contribution in [-0.2, 0) is 11.0 Å². The number of fused-ring (bicyclic) bond motifs is 8. The molecule has 0 unspecified atom stereocenters. The Morgan fingerprint density at radius 3 is 1.97 bits per heavy atom. The molecule has 5 aromatic carbocycles. The summed E-state index contributed by atoms with van der Waals surface area (Å²) in [6.45, 7) is 4.24. The molecule has 1 heterocycles. The molecule has 3 heteroatoms. The SMILES string of the molecule is CC1(C)c2cc(F)ccc2-c2c1c1c(c3cc(F)ccc23)OC(c2ccccc2)(c2ccccc2)C=C1. The molecule has 1 nitrogen and oxygen atoms in total. The Labute approximate surface area is 214 Å². The first-order valence-electron chi connectivity index (χ1n) is 12.5. The van der Waals surface area contributed by atoms with Gasteiger partial charge in [-0.25, -0.2) is 8.78 Å². The van der Waals surface area contributed by atoms with Gasteiger partial charge in [-0.15, -0.1) is 0 Å². The molecular formula is C34H24F2O. The van der Waals surface area contributed by atoms with Crippen LogP contribution in [-0.4, -0.2) is 0 Å². The summed E-state index contributed by atoms with van der Waals surface area (Å²) in [6.07, 6.45) is 4.22. The maximum absolute atomic E-state index is 14.8. The van der Waals surface area contributed by atoms with E-state index in [1.54, 1.807) is 12.1 Å². The summed E-state index contributed by atoms with van der Waals surface area (Å²) < 4.78 is 36.3. The van der Waals surface area contributed by atoms with Crippen LogP contribution in [0, 0.1) is 11.6 Å². The van der Waals surface area contributed by atoms with Gasteiger partial charge in [0.15, 0.2) is 5.60 Å². The van der Waals surface area contributed by atoms with Crippen LogP contribution in [0.5, 0.6) is 5.75 Å². The number of hydrogen-bond donors (Lipinski definition) is 0.